The number of halogens is 2. The van der Waals surface area contributed by atoms with Crippen molar-refractivity contribution in [3.63, 3.8) is 0 Å². The summed E-state index contributed by atoms with van der Waals surface area (Å²) in [6, 6.07) is 31.2. The molecule has 301 valence electrons. The SMILES string of the molecule is CN1[CH-]N(c2[c-]cccc2)c2nccnc21.CN1[CH-]N(c2ccccc2)c2nccnc21.C[n+]1cn(-c2ccccc2)c2nccnc21.[Ag].[Ag][I].[I-].[Ir].[O]=[Ag]. The Labute approximate surface area is 401 Å². The van der Waals surface area contributed by atoms with Gasteiger partial charge in [0.2, 0.25) is 0 Å². The number of imidazole rings is 1. The maximum absolute atomic E-state index is 8.06. The normalized spacial score (nSPS) is 11.6. The average molecular weight is 1420 g/mol. The number of hydrogen-bond donors (Lipinski definition) is 0. The molecule has 0 saturated carbocycles. The quantitative estimate of drug-likeness (QED) is 0.113. The van der Waals surface area contributed by atoms with Gasteiger partial charge < -0.3 is 43.6 Å². The van der Waals surface area contributed by atoms with Crippen LogP contribution in [0.2, 0.25) is 0 Å². The molecule has 2 aliphatic heterocycles. The fourth-order valence-electron chi connectivity index (χ4n) is 5.34. The molecule has 2 radical (unpaired) electrons. The van der Waals surface area contributed by atoms with Crippen LogP contribution in [0.25, 0.3) is 17.0 Å². The first kappa shape index (κ1) is 48.8. The van der Waals surface area contributed by atoms with E-state index in [1.807, 2.05) is 173 Å². The molecule has 0 N–H and O–H groups in total. The van der Waals surface area contributed by atoms with Crippen molar-refractivity contribution in [2.75, 3.05) is 33.7 Å². The number of benzene rings is 3. The minimum atomic E-state index is 0. The van der Waals surface area contributed by atoms with Crippen molar-refractivity contribution in [2.45, 2.75) is 0 Å². The molecule has 55 heavy (non-hydrogen) atoms. The molecular weight excluding hydrogens is 1390 g/mol. The van der Waals surface area contributed by atoms with Gasteiger partial charge in [-0.2, -0.15) is 30.3 Å². The molecule has 0 unspecified atom stereocenters. The fourth-order valence-corrected chi connectivity index (χ4v) is 5.34. The van der Waals surface area contributed by atoms with Crippen LogP contribution in [0.1, 0.15) is 0 Å². The molecule has 0 saturated heterocycles. The van der Waals surface area contributed by atoms with Crippen molar-refractivity contribution in [3.8, 4) is 5.69 Å². The van der Waals surface area contributed by atoms with Crippen molar-refractivity contribution in [1.29, 1.82) is 0 Å². The van der Waals surface area contributed by atoms with E-state index in [1.54, 1.807) is 58.2 Å². The van der Waals surface area contributed by atoms with Crippen LogP contribution in [0, 0.1) is 19.4 Å². The Morgan fingerprint density at radius 2 is 1.09 bits per heavy atom. The minimum absolute atomic E-state index is 0. The summed E-state index contributed by atoms with van der Waals surface area (Å²) in [4.78, 5) is 33.9. The second-order valence-corrected chi connectivity index (χ2v) is 10.8. The summed E-state index contributed by atoms with van der Waals surface area (Å²) in [5.74, 6) is 3.45. The van der Waals surface area contributed by atoms with E-state index in [0.29, 0.717) is 0 Å². The molecule has 4 aromatic heterocycles. The third-order valence-electron chi connectivity index (χ3n) is 7.55. The Morgan fingerprint density at radius 3 is 1.64 bits per heavy atom. The number of fused-ring (bicyclic) bond motifs is 3. The van der Waals surface area contributed by atoms with Gasteiger partial charge in [0.15, 0.2) is 6.33 Å². The summed E-state index contributed by atoms with van der Waals surface area (Å²) in [7, 11) is 5.89. The molecule has 7 aromatic rings. The fraction of sp³-hybridized carbons (Fsp3) is 0.0833. The first-order valence-electron chi connectivity index (χ1n) is 15.4. The number of anilines is 6. The van der Waals surface area contributed by atoms with Crippen LogP contribution in [0.15, 0.2) is 128 Å². The number of aromatic nitrogens is 8. The maximum atomic E-state index is 8.06. The Kier molecular flexibility index (Phi) is 22.3. The molecule has 0 aliphatic carbocycles. The van der Waals surface area contributed by atoms with Gasteiger partial charge in [0.05, 0.1) is 13.2 Å². The van der Waals surface area contributed by atoms with Crippen LogP contribution in [0.5, 0.6) is 0 Å². The van der Waals surface area contributed by atoms with Crippen LogP contribution < -0.4 is 48.1 Å². The van der Waals surface area contributed by atoms with Crippen molar-refractivity contribution < 1.29 is 113 Å². The molecule has 19 heteroatoms. The van der Waals surface area contributed by atoms with Crippen LogP contribution in [-0.2, 0) is 91.1 Å². The van der Waals surface area contributed by atoms with E-state index in [2.05, 4.69) is 53.2 Å². The van der Waals surface area contributed by atoms with E-state index < -0.39 is 0 Å². The number of para-hydroxylation sites is 3. The molecule has 13 nitrogen and oxygen atoms in total. The van der Waals surface area contributed by atoms with Gasteiger partial charge in [-0.05, 0) is 38.4 Å². The summed E-state index contributed by atoms with van der Waals surface area (Å²) in [5, 5.41) is 0. The first-order valence-corrected chi connectivity index (χ1v) is 20.4. The van der Waals surface area contributed by atoms with Crippen LogP contribution in [0.4, 0.5) is 34.6 Å². The van der Waals surface area contributed by atoms with Gasteiger partial charge >= 0.3 is 66.2 Å². The summed E-state index contributed by atoms with van der Waals surface area (Å²) in [6.45, 7) is 3.94. The van der Waals surface area contributed by atoms with E-state index in [4.69, 9.17) is 3.25 Å². The number of rotatable bonds is 3. The van der Waals surface area contributed by atoms with Gasteiger partial charge in [-0.3, -0.25) is 0 Å². The van der Waals surface area contributed by atoms with E-state index >= 15 is 0 Å². The van der Waals surface area contributed by atoms with Crippen molar-refractivity contribution >= 4 is 65.0 Å². The van der Waals surface area contributed by atoms with E-state index in [0.717, 1.165) is 51.6 Å². The predicted molar refractivity (Wildman–Crippen MR) is 200 cm³/mol. The van der Waals surface area contributed by atoms with Gasteiger partial charge in [0.25, 0.3) is 5.65 Å². The second-order valence-electron chi connectivity index (χ2n) is 10.8. The molecule has 3 aromatic carbocycles. The van der Waals surface area contributed by atoms with Gasteiger partial charge in [0, 0.05) is 73.0 Å². The van der Waals surface area contributed by atoms with Crippen LogP contribution >= 0.6 is 19.0 Å². The van der Waals surface area contributed by atoms with E-state index in [9.17, 15) is 0 Å². The Hall–Kier alpha value is -2.30. The third-order valence-corrected chi connectivity index (χ3v) is 7.55. The van der Waals surface area contributed by atoms with Gasteiger partial charge in [-0.1, -0.05) is 36.4 Å². The topological polar surface area (TPSA) is 116 Å². The average Bonchev–Trinajstić information content (AvgIpc) is 3.88. The Balaban J connectivity index is 0.000000266. The Morgan fingerprint density at radius 1 is 0.636 bits per heavy atom. The molecule has 0 atom stereocenters. The predicted octanol–water partition coefficient (Wildman–Crippen LogP) is 3.17. The number of hydrogen-bond acceptors (Lipinski definition) is 11. The van der Waals surface area contributed by atoms with Gasteiger partial charge in [-0.15, -0.1) is 24.0 Å². The van der Waals surface area contributed by atoms with Crippen LogP contribution in [0.3, 0.4) is 0 Å². The monoisotopic (exact) mass is 1420 g/mol. The van der Waals surface area contributed by atoms with E-state index in [1.165, 1.54) is 0 Å². The summed E-state index contributed by atoms with van der Waals surface area (Å²) < 4.78 is 12.1. The first-order chi connectivity index (χ1) is 25.6. The Bertz CT molecular complexity index is 2070. The van der Waals surface area contributed by atoms with Crippen molar-refractivity contribution in [3.05, 3.63) is 148 Å². The van der Waals surface area contributed by atoms with E-state index in [-0.39, 0.29) is 66.5 Å². The molecule has 0 amide bonds. The van der Waals surface area contributed by atoms with Gasteiger partial charge in [0.1, 0.15) is 35.2 Å². The number of nitrogens with zero attached hydrogens (tertiary/aromatic N) is 12. The molecule has 0 fully saturated rings. The summed E-state index contributed by atoms with van der Waals surface area (Å²) >= 11 is 6.58. The zero-order valence-electron chi connectivity index (χ0n) is 29.0. The standard InChI is InChI=1S/2C12H11N4.C12H10N4.3Ag.2HI.Ir.O/c3*1-15-9-16(10-5-3-2-4-6-10)12-11(15)13-7-8-14-12;;;;;;;/h2*2-9H,1H3;2-5,7-9H,1H3;;;;2*1H;;/q-1;+1;-2;;;+1;;;;/p-2. The zero-order chi connectivity index (χ0) is 36.9. The summed E-state index contributed by atoms with van der Waals surface area (Å²) in [5.41, 5.74) is 4.90. The molecular formula is C36H32Ag3I2IrN12O-3. The molecule has 0 spiro atoms. The van der Waals surface area contributed by atoms with Crippen molar-refractivity contribution in [1.82, 2.24) is 34.5 Å². The molecule has 9 rings (SSSR count). The zero-order valence-corrected chi connectivity index (χ0v) is 40.2. The molecule has 2 aliphatic rings. The van der Waals surface area contributed by atoms with Gasteiger partial charge in [-0.25, -0.2) is 34.1 Å². The summed E-state index contributed by atoms with van der Waals surface area (Å²) in [6.07, 6.45) is 12.2. The third kappa shape index (κ3) is 12.1. The van der Waals surface area contributed by atoms with Crippen molar-refractivity contribution in [2.24, 2.45) is 7.05 Å². The molecule has 6 heterocycles. The second kappa shape index (κ2) is 25.1. The number of aryl methyl sites for hydroxylation is 1. The van der Waals surface area contributed by atoms with Crippen LogP contribution in [-0.4, -0.2) is 48.6 Å². The molecule has 0 bridgehead atoms.